The van der Waals surface area contributed by atoms with Gasteiger partial charge in [0.15, 0.2) is 0 Å². The van der Waals surface area contributed by atoms with Gasteiger partial charge in [-0.2, -0.15) is 5.10 Å². The molecular formula is C12H14FN5O. The minimum Gasteiger partial charge on any atom is -0.384 e. The Kier molecular flexibility index (Phi) is 3.37. The lowest BCUT2D eigenvalue weighted by Gasteiger charge is -2.10. The molecule has 100 valence electrons. The first-order valence-electron chi connectivity index (χ1n) is 5.59. The van der Waals surface area contributed by atoms with Crippen molar-refractivity contribution in [2.75, 3.05) is 11.1 Å². The Balaban J connectivity index is 2.23. The van der Waals surface area contributed by atoms with Crippen molar-refractivity contribution in [2.24, 2.45) is 12.8 Å². The molecule has 0 unspecified atom stereocenters. The number of carbonyl (C=O) groups excluding carboxylic acids is 1. The minimum atomic E-state index is -0.820. The lowest BCUT2D eigenvalue weighted by Crippen LogP contribution is -2.16. The van der Waals surface area contributed by atoms with Crippen LogP contribution in [0.25, 0.3) is 0 Å². The molecule has 2 rings (SSSR count). The van der Waals surface area contributed by atoms with Gasteiger partial charge < -0.3 is 16.8 Å². The fourth-order valence-corrected chi connectivity index (χ4v) is 1.74. The summed E-state index contributed by atoms with van der Waals surface area (Å²) in [5, 5.41) is 6.92. The second kappa shape index (κ2) is 4.97. The number of aryl methyl sites for hydroxylation is 1. The normalized spacial score (nSPS) is 10.4. The predicted octanol–water partition coefficient (Wildman–Crippen LogP) is 0.852. The highest BCUT2D eigenvalue weighted by Gasteiger charge is 2.14. The van der Waals surface area contributed by atoms with Gasteiger partial charge in [-0.3, -0.25) is 9.48 Å². The first kappa shape index (κ1) is 12.9. The number of nitrogens with zero attached hydrogens (tertiary/aromatic N) is 2. The first-order valence-corrected chi connectivity index (χ1v) is 5.59. The number of primary amides is 1. The third kappa shape index (κ3) is 2.49. The molecule has 0 fully saturated rings. The van der Waals surface area contributed by atoms with Gasteiger partial charge in [0, 0.05) is 19.2 Å². The van der Waals surface area contributed by atoms with Crippen molar-refractivity contribution in [3.8, 4) is 0 Å². The molecule has 0 aliphatic carbocycles. The number of nitrogen functional groups attached to an aromatic ring is 1. The van der Waals surface area contributed by atoms with Crippen molar-refractivity contribution in [1.82, 2.24) is 9.78 Å². The van der Waals surface area contributed by atoms with E-state index in [0.717, 1.165) is 5.56 Å². The first-order chi connectivity index (χ1) is 9.00. The Morgan fingerprint density at radius 3 is 2.84 bits per heavy atom. The Morgan fingerprint density at radius 2 is 2.26 bits per heavy atom. The molecule has 1 heterocycles. The van der Waals surface area contributed by atoms with Crippen molar-refractivity contribution >= 4 is 17.4 Å². The van der Waals surface area contributed by atoms with E-state index in [0.29, 0.717) is 18.1 Å². The van der Waals surface area contributed by atoms with Crippen molar-refractivity contribution in [2.45, 2.75) is 6.54 Å². The molecule has 6 nitrogen and oxygen atoms in total. The zero-order chi connectivity index (χ0) is 14.0. The highest BCUT2D eigenvalue weighted by atomic mass is 19.1. The number of nitrogens with one attached hydrogen (secondary N) is 1. The largest absolute Gasteiger partial charge is 0.384 e. The van der Waals surface area contributed by atoms with E-state index < -0.39 is 11.7 Å². The molecule has 0 spiro atoms. The van der Waals surface area contributed by atoms with Gasteiger partial charge in [-0.1, -0.05) is 6.07 Å². The van der Waals surface area contributed by atoms with Crippen LogP contribution < -0.4 is 16.8 Å². The van der Waals surface area contributed by atoms with Crippen molar-refractivity contribution < 1.29 is 9.18 Å². The van der Waals surface area contributed by atoms with E-state index in [4.69, 9.17) is 11.5 Å². The van der Waals surface area contributed by atoms with Crippen LogP contribution in [0.2, 0.25) is 0 Å². The third-order valence-corrected chi connectivity index (χ3v) is 2.79. The standard InChI is InChI=1S/C12H14FN5O/c1-18-11(14)7(6-17-18)5-16-9-4-2-3-8(13)10(9)12(15)19/h2-4,6,16H,5,14H2,1H3,(H2,15,19). The number of anilines is 2. The molecule has 1 amide bonds. The summed E-state index contributed by atoms with van der Waals surface area (Å²) in [6, 6.07) is 4.26. The Labute approximate surface area is 109 Å². The molecule has 2 aromatic rings. The molecular weight excluding hydrogens is 249 g/mol. The number of hydrogen-bond acceptors (Lipinski definition) is 4. The number of rotatable bonds is 4. The molecule has 1 aromatic carbocycles. The van der Waals surface area contributed by atoms with Crippen molar-refractivity contribution in [3.05, 3.63) is 41.3 Å². The van der Waals surface area contributed by atoms with Gasteiger partial charge in [0.1, 0.15) is 11.6 Å². The van der Waals surface area contributed by atoms with Crippen molar-refractivity contribution in [1.29, 1.82) is 0 Å². The topological polar surface area (TPSA) is 99.0 Å². The predicted molar refractivity (Wildman–Crippen MR) is 69.9 cm³/mol. The highest BCUT2D eigenvalue weighted by molar-refractivity contribution is 5.98. The number of halogens is 1. The maximum absolute atomic E-state index is 13.5. The second-order valence-electron chi connectivity index (χ2n) is 4.06. The summed E-state index contributed by atoms with van der Waals surface area (Å²) >= 11 is 0. The molecule has 0 bridgehead atoms. The highest BCUT2D eigenvalue weighted by Crippen LogP contribution is 2.20. The minimum absolute atomic E-state index is 0.162. The number of nitrogens with two attached hydrogens (primary N) is 2. The van der Waals surface area contributed by atoms with E-state index >= 15 is 0 Å². The lowest BCUT2D eigenvalue weighted by molar-refractivity contribution is 0.0997. The van der Waals surface area contributed by atoms with E-state index in [1.165, 1.54) is 16.8 Å². The third-order valence-electron chi connectivity index (χ3n) is 2.79. The smallest absolute Gasteiger partial charge is 0.253 e. The lowest BCUT2D eigenvalue weighted by atomic mass is 10.1. The summed E-state index contributed by atoms with van der Waals surface area (Å²) in [7, 11) is 1.72. The van der Waals surface area contributed by atoms with Gasteiger partial charge in [0.05, 0.1) is 17.4 Å². The van der Waals surface area contributed by atoms with Gasteiger partial charge in [-0.25, -0.2) is 4.39 Å². The van der Waals surface area contributed by atoms with E-state index in [1.807, 2.05) is 0 Å². The van der Waals surface area contributed by atoms with Crippen LogP contribution in [-0.4, -0.2) is 15.7 Å². The monoisotopic (exact) mass is 263 g/mol. The van der Waals surface area contributed by atoms with Gasteiger partial charge in [0.25, 0.3) is 5.91 Å². The molecule has 5 N–H and O–H groups in total. The van der Waals surface area contributed by atoms with Gasteiger partial charge in [-0.05, 0) is 12.1 Å². The second-order valence-corrected chi connectivity index (χ2v) is 4.06. The van der Waals surface area contributed by atoms with Crippen LogP contribution in [0.15, 0.2) is 24.4 Å². The summed E-state index contributed by atoms with van der Waals surface area (Å²) in [4.78, 5) is 11.2. The van der Waals surface area contributed by atoms with Crippen LogP contribution >= 0.6 is 0 Å². The Morgan fingerprint density at radius 1 is 1.53 bits per heavy atom. The fourth-order valence-electron chi connectivity index (χ4n) is 1.74. The summed E-state index contributed by atoms with van der Waals surface area (Å²) < 4.78 is 15.1. The SMILES string of the molecule is Cn1ncc(CNc2cccc(F)c2C(N)=O)c1N. The van der Waals surface area contributed by atoms with Crippen LogP contribution in [0.3, 0.4) is 0 Å². The summed E-state index contributed by atoms with van der Waals surface area (Å²) in [6.07, 6.45) is 1.60. The number of hydrogen-bond donors (Lipinski definition) is 3. The Hall–Kier alpha value is -2.57. The number of carbonyl (C=O) groups is 1. The molecule has 0 aliphatic heterocycles. The molecule has 0 saturated heterocycles. The summed E-state index contributed by atoms with van der Waals surface area (Å²) in [5.74, 6) is -0.971. The van der Waals surface area contributed by atoms with Crippen molar-refractivity contribution in [3.63, 3.8) is 0 Å². The zero-order valence-corrected chi connectivity index (χ0v) is 10.4. The average Bonchev–Trinajstić information content (AvgIpc) is 2.67. The van der Waals surface area contributed by atoms with Gasteiger partial charge >= 0.3 is 0 Å². The van der Waals surface area contributed by atoms with Gasteiger partial charge in [0.2, 0.25) is 0 Å². The molecule has 19 heavy (non-hydrogen) atoms. The number of benzene rings is 1. The maximum Gasteiger partial charge on any atom is 0.253 e. The summed E-state index contributed by atoms with van der Waals surface area (Å²) in [6.45, 7) is 0.323. The fraction of sp³-hybridized carbons (Fsp3) is 0.167. The van der Waals surface area contributed by atoms with Crippen LogP contribution in [0.4, 0.5) is 15.9 Å². The molecule has 0 saturated carbocycles. The van der Waals surface area contributed by atoms with E-state index in [2.05, 4.69) is 10.4 Å². The molecule has 1 aromatic heterocycles. The molecule has 7 heteroatoms. The summed E-state index contributed by atoms with van der Waals surface area (Å²) in [5.41, 5.74) is 11.9. The van der Waals surface area contributed by atoms with Gasteiger partial charge in [-0.15, -0.1) is 0 Å². The van der Waals surface area contributed by atoms with Crippen LogP contribution in [-0.2, 0) is 13.6 Å². The maximum atomic E-state index is 13.5. The molecule has 0 atom stereocenters. The zero-order valence-electron chi connectivity index (χ0n) is 10.4. The molecule has 0 aliphatic rings. The number of aromatic nitrogens is 2. The van der Waals surface area contributed by atoms with E-state index in [-0.39, 0.29) is 5.56 Å². The number of amides is 1. The quantitative estimate of drug-likeness (QED) is 0.761. The van der Waals surface area contributed by atoms with E-state index in [1.54, 1.807) is 19.3 Å². The van der Waals surface area contributed by atoms with Crippen LogP contribution in [0.5, 0.6) is 0 Å². The van der Waals surface area contributed by atoms with E-state index in [9.17, 15) is 9.18 Å². The molecule has 0 radical (unpaired) electrons. The Bertz CT molecular complexity index is 623. The average molecular weight is 263 g/mol. The van der Waals surface area contributed by atoms with Crippen LogP contribution in [0, 0.1) is 5.82 Å². The van der Waals surface area contributed by atoms with Crippen LogP contribution in [0.1, 0.15) is 15.9 Å².